The Morgan fingerprint density at radius 2 is 1.93 bits per heavy atom. The molecule has 0 saturated carbocycles. The first-order valence-corrected chi connectivity index (χ1v) is 4.03. The normalized spacial score (nSPS) is 14.8. The van der Waals surface area contributed by atoms with E-state index in [0.717, 1.165) is 0 Å². The zero-order valence-corrected chi connectivity index (χ0v) is 7.72. The minimum absolute atomic E-state index is 0.00881. The van der Waals surface area contributed by atoms with E-state index in [1.54, 1.807) is 0 Å². The number of carbonyl (C=O) groups excluding carboxylic acids is 1. The second-order valence-corrected chi connectivity index (χ2v) is 2.92. The monoisotopic (exact) mass is 217 g/mol. The predicted molar refractivity (Wildman–Crippen MR) is 47.2 cm³/mol. The van der Waals surface area contributed by atoms with Gasteiger partial charge in [0, 0.05) is 18.0 Å². The molecule has 7 heteroatoms. The van der Waals surface area contributed by atoms with Crippen LogP contribution in [0, 0.1) is 0 Å². The number of aromatic nitrogens is 2. The fraction of sp³-hybridized carbons (Fsp3) is 0.286. The number of rotatable bonds is 3. The van der Waals surface area contributed by atoms with Gasteiger partial charge >= 0.3 is 0 Å². The zero-order chi connectivity index (χ0) is 10.7. The summed E-state index contributed by atoms with van der Waals surface area (Å²) in [4.78, 5) is 17.7. The summed E-state index contributed by atoms with van der Waals surface area (Å²) in [6.45, 7) is 0. The van der Waals surface area contributed by atoms with Crippen molar-refractivity contribution in [3.63, 3.8) is 0 Å². The van der Waals surface area contributed by atoms with Crippen LogP contribution in [0.1, 0.15) is 11.7 Å². The van der Waals surface area contributed by atoms with E-state index in [4.69, 9.17) is 22.4 Å². The molecule has 1 aromatic heterocycles. The molecule has 0 fully saturated rings. The van der Waals surface area contributed by atoms with Gasteiger partial charge in [-0.05, 0) is 11.6 Å². The van der Waals surface area contributed by atoms with E-state index in [9.17, 15) is 9.90 Å². The summed E-state index contributed by atoms with van der Waals surface area (Å²) in [5.41, 5.74) is 4.96. The number of carbonyl (C=O) groups is 1. The Morgan fingerprint density at radius 1 is 1.43 bits per heavy atom. The van der Waals surface area contributed by atoms with Crippen LogP contribution in [0.15, 0.2) is 12.4 Å². The number of nitrogens with two attached hydrogens (primary N) is 1. The van der Waals surface area contributed by atoms with Crippen molar-refractivity contribution >= 4 is 17.5 Å². The van der Waals surface area contributed by atoms with Crippen molar-refractivity contribution in [1.29, 1.82) is 0 Å². The van der Waals surface area contributed by atoms with Crippen molar-refractivity contribution < 1.29 is 15.0 Å². The molecule has 1 aromatic rings. The highest BCUT2D eigenvalue weighted by atomic mass is 35.5. The summed E-state index contributed by atoms with van der Waals surface area (Å²) >= 11 is 5.40. The van der Waals surface area contributed by atoms with Gasteiger partial charge in [0.2, 0.25) is 11.2 Å². The van der Waals surface area contributed by atoms with Gasteiger partial charge in [-0.15, -0.1) is 0 Å². The third-order valence-corrected chi connectivity index (χ3v) is 1.77. The quantitative estimate of drug-likeness (QED) is 0.563. The molecular weight excluding hydrogens is 210 g/mol. The average molecular weight is 218 g/mol. The smallest absolute Gasteiger partial charge is 0.249 e. The van der Waals surface area contributed by atoms with Crippen LogP contribution in [-0.2, 0) is 4.79 Å². The minimum Gasteiger partial charge on any atom is -0.385 e. The van der Waals surface area contributed by atoms with Crippen LogP contribution in [-0.4, -0.2) is 32.2 Å². The lowest BCUT2D eigenvalue weighted by Gasteiger charge is -2.13. The van der Waals surface area contributed by atoms with E-state index in [1.807, 2.05) is 0 Å². The Balaban J connectivity index is 2.84. The molecule has 6 nitrogen and oxygen atoms in total. The number of nitrogens with zero attached hydrogens (tertiary/aromatic N) is 2. The maximum atomic E-state index is 10.5. The number of hydrogen-bond acceptors (Lipinski definition) is 5. The van der Waals surface area contributed by atoms with Crippen LogP contribution < -0.4 is 5.73 Å². The summed E-state index contributed by atoms with van der Waals surface area (Å²) in [5.74, 6) is -1.02. The predicted octanol–water partition coefficient (Wildman–Crippen LogP) is -0.990. The lowest BCUT2D eigenvalue weighted by Crippen LogP contribution is -2.33. The Bertz CT molecular complexity index is 329. The largest absolute Gasteiger partial charge is 0.385 e. The molecule has 4 N–H and O–H groups in total. The van der Waals surface area contributed by atoms with Gasteiger partial charge in [-0.2, -0.15) is 0 Å². The van der Waals surface area contributed by atoms with Gasteiger partial charge in [0.15, 0.2) is 6.10 Å². The summed E-state index contributed by atoms with van der Waals surface area (Å²) in [6, 6.07) is 0. The van der Waals surface area contributed by atoms with Gasteiger partial charge < -0.3 is 15.9 Å². The Kier molecular flexibility index (Phi) is 3.34. The molecule has 2 atom stereocenters. The molecule has 0 aliphatic carbocycles. The van der Waals surface area contributed by atoms with E-state index in [1.165, 1.54) is 12.4 Å². The Hall–Kier alpha value is -1.24. The molecule has 1 heterocycles. The molecule has 0 aliphatic rings. The van der Waals surface area contributed by atoms with Crippen molar-refractivity contribution in [3.05, 3.63) is 23.2 Å². The van der Waals surface area contributed by atoms with Gasteiger partial charge in [0.25, 0.3) is 0 Å². The van der Waals surface area contributed by atoms with Gasteiger partial charge in [-0.3, -0.25) is 4.79 Å². The van der Waals surface area contributed by atoms with Gasteiger partial charge in [0.05, 0.1) is 0 Å². The molecule has 0 spiro atoms. The number of halogens is 1. The molecule has 1 amide bonds. The Labute approximate surface area is 84.4 Å². The number of aliphatic hydroxyl groups excluding tert-OH is 2. The van der Waals surface area contributed by atoms with Crippen molar-refractivity contribution in [2.75, 3.05) is 0 Å². The second-order valence-electron chi connectivity index (χ2n) is 2.58. The molecule has 0 aliphatic heterocycles. The van der Waals surface area contributed by atoms with E-state index < -0.39 is 18.1 Å². The number of amides is 1. The molecule has 0 aromatic carbocycles. The van der Waals surface area contributed by atoms with Crippen molar-refractivity contribution in [3.8, 4) is 0 Å². The van der Waals surface area contributed by atoms with Crippen LogP contribution in [0.4, 0.5) is 0 Å². The van der Waals surface area contributed by atoms with Crippen LogP contribution in [0.5, 0.6) is 0 Å². The highest BCUT2D eigenvalue weighted by Crippen LogP contribution is 2.15. The van der Waals surface area contributed by atoms with E-state index in [-0.39, 0.29) is 10.8 Å². The summed E-state index contributed by atoms with van der Waals surface area (Å²) < 4.78 is 0. The number of hydrogen-bond donors (Lipinski definition) is 3. The zero-order valence-electron chi connectivity index (χ0n) is 6.96. The molecule has 76 valence electrons. The first kappa shape index (κ1) is 10.8. The van der Waals surface area contributed by atoms with Crippen LogP contribution >= 0.6 is 11.6 Å². The highest BCUT2D eigenvalue weighted by molar-refractivity contribution is 6.28. The molecular formula is C7H8ClN3O3. The third-order valence-electron chi connectivity index (χ3n) is 1.57. The molecule has 14 heavy (non-hydrogen) atoms. The summed E-state index contributed by atoms with van der Waals surface area (Å²) in [5, 5.41) is 18.5. The molecule has 0 saturated heterocycles. The maximum absolute atomic E-state index is 10.5. The van der Waals surface area contributed by atoms with Gasteiger partial charge in [-0.25, -0.2) is 9.97 Å². The fourth-order valence-corrected chi connectivity index (χ4v) is 0.910. The van der Waals surface area contributed by atoms with E-state index >= 15 is 0 Å². The standard InChI is InChI=1S/C7H8ClN3O3/c8-7-10-1-3(2-11-7)4(12)5(13)6(9)14/h1-2,4-5,12-13H,(H2,9,14). The first-order valence-electron chi connectivity index (χ1n) is 3.65. The molecule has 0 radical (unpaired) electrons. The van der Waals surface area contributed by atoms with Crippen LogP contribution in [0.25, 0.3) is 0 Å². The SMILES string of the molecule is NC(=O)C(O)C(O)c1cnc(Cl)nc1. The average Bonchev–Trinajstić information content (AvgIpc) is 2.16. The van der Waals surface area contributed by atoms with Crippen molar-refractivity contribution in [2.24, 2.45) is 5.73 Å². The van der Waals surface area contributed by atoms with Crippen LogP contribution in [0.2, 0.25) is 5.28 Å². The first-order chi connectivity index (χ1) is 6.52. The fourth-order valence-electron chi connectivity index (χ4n) is 0.813. The summed E-state index contributed by atoms with van der Waals surface area (Å²) in [7, 11) is 0. The lowest BCUT2D eigenvalue weighted by atomic mass is 10.1. The van der Waals surface area contributed by atoms with Crippen molar-refractivity contribution in [1.82, 2.24) is 9.97 Å². The lowest BCUT2D eigenvalue weighted by molar-refractivity contribution is -0.132. The third kappa shape index (κ3) is 2.38. The van der Waals surface area contributed by atoms with Gasteiger partial charge in [-0.1, -0.05) is 0 Å². The minimum atomic E-state index is -1.68. The second kappa shape index (κ2) is 4.32. The maximum Gasteiger partial charge on any atom is 0.249 e. The van der Waals surface area contributed by atoms with E-state index in [0.29, 0.717) is 0 Å². The molecule has 0 bridgehead atoms. The number of primary amides is 1. The molecule has 2 unspecified atom stereocenters. The Morgan fingerprint density at radius 3 is 2.36 bits per heavy atom. The highest BCUT2D eigenvalue weighted by Gasteiger charge is 2.23. The van der Waals surface area contributed by atoms with Crippen LogP contribution in [0.3, 0.4) is 0 Å². The van der Waals surface area contributed by atoms with Gasteiger partial charge in [0.1, 0.15) is 6.10 Å². The van der Waals surface area contributed by atoms with E-state index in [2.05, 4.69) is 9.97 Å². The topological polar surface area (TPSA) is 109 Å². The summed E-state index contributed by atoms with van der Waals surface area (Å²) in [6.07, 6.45) is -0.720. The molecule has 1 rings (SSSR count). The number of aliphatic hydroxyl groups is 2. The van der Waals surface area contributed by atoms with Crippen molar-refractivity contribution in [2.45, 2.75) is 12.2 Å².